The van der Waals surface area contributed by atoms with Crippen molar-refractivity contribution in [2.24, 2.45) is 5.92 Å². The minimum absolute atomic E-state index is 0.00761. The summed E-state index contributed by atoms with van der Waals surface area (Å²) in [7, 11) is 0. The van der Waals surface area contributed by atoms with E-state index in [4.69, 9.17) is 0 Å². The lowest BCUT2D eigenvalue weighted by Crippen LogP contribution is -2.48. The molecule has 0 radical (unpaired) electrons. The predicted molar refractivity (Wildman–Crippen MR) is 132 cm³/mol. The fraction of sp³-hybridized carbons (Fsp3) is 0.310. The molecule has 2 unspecified atom stereocenters. The van der Waals surface area contributed by atoms with Gasteiger partial charge in [0.25, 0.3) is 0 Å². The number of likely N-dealkylation sites (tertiary alicyclic amines) is 1. The first kappa shape index (κ1) is 25.5. The first-order valence-electron chi connectivity index (χ1n) is 12.0. The molecular formula is C29H29F3N2O2. The summed E-state index contributed by atoms with van der Waals surface area (Å²) >= 11 is 0. The summed E-state index contributed by atoms with van der Waals surface area (Å²) < 4.78 is 39.1. The summed E-state index contributed by atoms with van der Waals surface area (Å²) in [5, 5.41) is 2.80. The molecule has 1 aliphatic heterocycles. The van der Waals surface area contributed by atoms with Gasteiger partial charge < -0.3 is 10.2 Å². The maximum absolute atomic E-state index is 13.2. The first-order valence-corrected chi connectivity index (χ1v) is 12.0. The Morgan fingerprint density at radius 1 is 0.917 bits per heavy atom. The summed E-state index contributed by atoms with van der Waals surface area (Å²) in [6.07, 6.45) is -3.63. The quantitative estimate of drug-likeness (QED) is 0.492. The van der Waals surface area contributed by atoms with E-state index in [1.54, 1.807) is 11.0 Å². The van der Waals surface area contributed by atoms with E-state index in [-0.39, 0.29) is 37.2 Å². The Bertz CT molecular complexity index is 1210. The van der Waals surface area contributed by atoms with Crippen LogP contribution in [0.25, 0.3) is 0 Å². The highest BCUT2D eigenvalue weighted by atomic mass is 19.4. The molecule has 1 aliphatic rings. The van der Waals surface area contributed by atoms with E-state index >= 15 is 0 Å². The number of rotatable bonds is 6. The molecule has 188 valence electrons. The molecule has 7 heteroatoms. The maximum Gasteiger partial charge on any atom is 0.416 e. The fourth-order valence-electron chi connectivity index (χ4n) is 4.73. The van der Waals surface area contributed by atoms with E-state index in [1.165, 1.54) is 6.07 Å². The van der Waals surface area contributed by atoms with Crippen LogP contribution in [0.4, 0.5) is 13.2 Å². The number of aryl methyl sites for hydroxylation is 1. The Morgan fingerprint density at radius 2 is 1.64 bits per heavy atom. The Labute approximate surface area is 209 Å². The standard InChI is InChI=1S/C29H29F3N2O2/c1-20-7-5-11-23(13-20)24-16-25(19-34(18-24)27(35)15-21-8-3-2-4-9-21)28(36)33-17-22-10-6-12-26(14-22)29(30,31)32/h2-14,24-25H,15-19H2,1H3,(H,33,36). The van der Waals surface area contributed by atoms with E-state index in [2.05, 4.69) is 11.4 Å². The SMILES string of the molecule is Cc1cccc(C2CC(C(=O)NCc3cccc(C(F)(F)F)c3)CN(C(=O)Cc3ccccc3)C2)c1. The molecule has 0 spiro atoms. The molecule has 0 bridgehead atoms. The number of halogens is 3. The summed E-state index contributed by atoms with van der Waals surface area (Å²) in [6, 6.07) is 22.5. The molecule has 3 aromatic carbocycles. The summed E-state index contributed by atoms with van der Waals surface area (Å²) in [4.78, 5) is 28.1. The average Bonchev–Trinajstić information content (AvgIpc) is 2.87. The molecule has 1 heterocycles. The van der Waals surface area contributed by atoms with Crippen LogP contribution in [-0.4, -0.2) is 29.8 Å². The average molecular weight is 495 g/mol. The molecule has 0 saturated carbocycles. The Balaban J connectivity index is 1.49. The van der Waals surface area contributed by atoms with Crippen molar-refractivity contribution in [2.45, 2.75) is 38.4 Å². The Morgan fingerprint density at radius 3 is 2.36 bits per heavy atom. The van der Waals surface area contributed by atoms with Gasteiger partial charge in [0, 0.05) is 25.6 Å². The zero-order chi connectivity index (χ0) is 25.7. The van der Waals surface area contributed by atoms with Crippen molar-refractivity contribution in [2.75, 3.05) is 13.1 Å². The number of piperidine rings is 1. The normalized spacial score (nSPS) is 18.1. The number of alkyl halides is 3. The van der Waals surface area contributed by atoms with Crippen LogP contribution in [0, 0.1) is 12.8 Å². The van der Waals surface area contributed by atoms with Gasteiger partial charge in [0.15, 0.2) is 0 Å². The maximum atomic E-state index is 13.2. The van der Waals surface area contributed by atoms with E-state index < -0.39 is 17.7 Å². The van der Waals surface area contributed by atoms with Gasteiger partial charge in [-0.2, -0.15) is 13.2 Å². The highest BCUT2D eigenvalue weighted by Gasteiger charge is 2.35. The second-order valence-corrected chi connectivity index (χ2v) is 9.42. The molecule has 4 nitrogen and oxygen atoms in total. The number of hydrogen-bond donors (Lipinski definition) is 1. The fourth-order valence-corrected chi connectivity index (χ4v) is 4.73. The van der Waals surface area contributed by atoms with Gasteiger partial charge in [0.2, 0.25) is 11.8 Å². The third-order valence-electron chi connectivity index (χ3n) is 6.61. The van der Waals surface area contributed by atoms with Gasteiger partial charge in [-0.3, -0.25) is 9.59 Å². The number of benzene rings is 3. The molecule has 1 fully saturated rings. The largest absolute Gasteiger partial charge is 0.416 e. The number of carbonyl (C=O) groups excluding carboxylic acids is 2. The Kier molecular flexibility index (Phi) is 7.77. The van der Waals surface area contributed by atoms with Crippen molar-refractivity contribution in [3.05, 3.63) is 107 Å². The predicted octanol–water partition coefficient (Wildman–Crippen LogP) is 5.51. The minimum Gasteiger partial charge on any atom is -0.352 e. The molecule has 3 aromatic rings. The number of hydrogen-bond acceptors (Lipinski definition) is 2. The lowest BCUT2D eigenvalue weighted by atomic mass is 9.83. The number of nitrogens with one attached hydrogen (secondary N) is 1. The molecule has 36 heavy (non-hydrogen) atoms. The summed E-state index contributed by atoms with van der Waals surface area (Å²) in [6.45, 7) is 2.80. The molecule has 2 atom stereocenters. The second kappa shape index (κ2) is 11.0. The number of nitrogens with zero attached hydrogens (tertiary/aromatic N) is 1. The van der Waals surface area contributed by atoms with Gasteiger partial charge in [0.1, 0.15) is 0 Å². The Hall–Kier alpha value is -3.61. The first-order chi connectivity index (χ1) is 17.2. The van der Waals surface area contributed by atoms with Gasteiger partial charge in [-0.15, -0.1) is 0 Å². The zero-order valence-electron chi connectivity index (χ0n) is 20.1. The van der Waals surface area contributed by atoms with Crippen LogP contribution in [0.2, 0.25) is 0 Å². The van der Waals surface area contributed by atoms with Crippen LogP contribution in [0.1, 0.15) is 40.2 Å². The molecule has 1 saturated heterocycles. The molecule has 0 aliphatic carbocycles. The van der Waals surface area contributed by atoms with Crippen molar-refractivity contribution < 1.29 is 22.8 Å². The van der Waals surface area contributed by atoms with Crippen LogP contribution in [0.15, 0.2) is 78.9 Å². The minimum atomic E-state index is -4.44. The summed E-state index contributed by atoms with van der Waals surface area (Å²) in [5.74, 6) is -0.783. The van der Waals surface area contributed by atoms with Gasteiger partial charge >= 0.3 is 6.18 Å². The zero-order valence-corrected chi connectivity index (χ0v) is 20.1. The van der Waals surface area contributed by atoms with E-state index in [9.17, 15) is 22.8 Å². The highest BCUT2D eigenvalue weighted by molar-refractivity contribution is 5.82. The molecule has 0 aromatic heterocycles. The summed E-state index contributed by atoms with van der Waals surface area (Å²) in [5.41, 5.74) is 2.71. The van der Waals surface area contributed by atoms with E-state index in [0.717, 1.165) is 28.8 Å². The van der Waals surface area contributed by atoms with Crippen LogP contribution in [0.3, 0.4) is 0 Å². The lowest BCUT2D eigenvalue weighted by molar-refractivity contribution is -0.138. The molecule has 2 amide bonds. The lowest BCUT2D eigenvalue weighted by Gasteiger charge is -2.37. The second-order valence-electron chi connectivity index (χ2n) is 9.42. The van der Waals surface area contributed by atoms with E-state index in [0.29, 0.717) is 18.5 Å². The third-order valence-corrected chi connectivity index (χ3v) is 6.61. The topological polar surface area (TPSA) is 49.4 Å². The number of carbonyl (C=O) groups is 2. The molecule has 1 N–H and O–H groups in total. The number of amides is 2. The smallest absolute Gasteiger partial charge is 0.352 e. The van der Waals surface area contributed by atoms with Crippen molar-refractivity contribution in [3.63, 3.8) is 0 Å². The van der Waals surface area contributed by atoms with Crippen molar-refractivity contribution in [1.29, 1.82) is 0 Å². The van der Waals surface area contributed by atoms with Gasteiger partial charge in [-0.1, -0.05) is 72.3 Å². The highest BCUT2D eigenvalue weighted by Crippen LogP contribution is 2.32. The van der Waals surface area contributed by atoms with Crippen LogP contribution in [-0.2, 0) is 28.7 Å². The molecule has 4 rings (SSSR count). The molecular weight excluding hydrogens is 465 g/mol. The monoisotopic (exact) mass is 494 g/mol. The van der Waals surface area contributed by atoms with Crippen LogP contribution < -0.4 is 5.32 Å². The van der Waals surface area contributed by atoms with Crippen molar-refractivity contribution >= 4 is 11.8 Å². The van der Waals surface area contributed by atoms with E-state index in [1.807, 2.05) is 55.5 Å². The van der Waals surface area contributed by atoms with Crippen molar-refractivity contribution in [1.82, 2.24) is 10.2 Å². The van der Waals surface area contributed by atoms with Gasteiger partial charge in [-0.05, 0) is 42.2 Å². The third kappa shape index (κ3) is 6.53. The van der Waals surface area contributed by atoms with Gasteiger partial charge in [0.05, 0.1) is 17.9 Å². The van der Waals surface area contributed by atoms with Crippen molar-refractivity contribution in [3.8, 4) is 0 Å². The van der Waals surface area contributed by atoms with Gasteiger partial charge in [-0.25, -0.2) is 0 Å². The van der Waals surface area contributed by atoms with Crippen LogP contribution in [0.5, 0.6) is 0 Å². The van der Waals surface area contributed by atoms with Crippen LogP contribution >= 0.6 is 0 Å².